The molecule has 0 aliphatic heterocycles. The number of benzene rings is 1. The van der Waals surface area contributed by atoms with Crippen LogP contribution in [0, 0.1) is 11.8 Å². The first-order valence-electron chi connectivity index (χ1n) is 7.38. The van der Waals surface area contributed by atoms with E-state index in [9.17, 15) is 9.59 Å². The van der Waals surface area contributed by atoms with E-state index in [1.165, 1.54) is 19.3 Å². The highest BCUT2D eigenvalue weighted by atomic mass is 16.4. The maximum absolute atomic E-state index is 11.8. The lowest BCUT2D eigenvalue weighted by Gasteiger charge is -2.12. The zero-order chi connectivity index (χ0) is 15.2. The largest absolute Gasteiger partial charge is 0.481 e. The molecule has 5 heteroatoms. The number of aliphatic carboxylic acids is 1. The molecule has 2 unspecified atom stereocenters. The minimum absolute atomic E-state index is 0.0445. The van der Waals surface area contributed by atoms with Gasteiger partial charge in [-0.25, -0.2) is 4.79 Å². The van der Waals surface area contributed by atoms with Gasteiger partial charge in [0.1, 0.15) is 0 Å². The molecule has 1 aromatic carbocycles. The van der Waals surface area contributed by atoms with Crippen molar-refractivity contribution in [1.29, 1.82) is 0 Å². The topological polar surface area (TPSA) is 78.4 Å². The first-order valence-corrected chi connectivity index (χ1v) is 7.38. The van der Waals surface area contributed by atoms with Crippen LogP contribution in [0.25, 0.3) is 0 Å². The van der Waals surface area contributed by atoms with Crippen LogP contribution in [0.1, 0.15) is 31.7 Å². The molecule has 114 valence electrons. The lowest BCUT2D eigenvalue weighted by Crippen LogP contribution is -2.32. The minimum Gasteiger partial charge on any atom is -0.481 e. The summed E-state index contributed by atoms with van der Waals surface area (Å²) in [6.45, 7) is 2.94. The average Bonchev–Trinajstić information content (AvgIpc) is 2.82. The first-order chi connectivity index (χ1) is 10.0. The Labute approximate surface area is 124 Å². The Morgan fingerprint density at radius 1 is 1.33 bits per heavy atom. The van der Waals surface area contributed by atoms with Gasteiger partial charge in [-0.2, -0.15) is 0 Å². The highest BCUT2D eigenvalue weighted by Crippen LogP contribution is 2.29. The second kappa shape index (κ2) is 7.11. The monoisotopic (exact) mass is 290 g/mol. The van der Waals surface area contributed by atoms with Gasteiger partial charge in [-0.15, -0.1) is 0 Å². The normalized spacial score (nSPS) is 21.0. The Kier molecular flexibility index (Phi) is 5.20. The number of carbonyl (C=O) groups excluding carboxylic acids is 1. The molecule has 0 bridgehead atoms. The number of urea groups is 1. The van der Waals surface area contributed by atoms with E-state index < -0.39 is 5.97 Å². The van der Waals surface area contributed by atoms with E-state index in [1.807, 2.05) is 0 Å². The fraction of sp³-hybridized carbons (Fsp3) is 0.500. The molecule has 0 radical (unpaired) electrons. The van der Waals surface area contributed by atoms with Gasteiger partial charge in [0.05, 0.1) is 6.42 Å². The van der Waals surface area contributed by atoms with Crippen LogP contribution in [-0.2, 0) is 11.2 Å². The Hall–Kier alpha value is -2.04. The molecule has 2 amide bonds. The van der Waals surface area contributed by atoms with E-state index in [2.05, 4.69) is 17.6 Å². The molecule has 2 atom stereocenters. The number of carbonyl (C=O) groups is 2. The fourth-order valence-electron chi connectivity index (χ4n) is 2.86. The molecular formula is C16H22N2O3. The third kappa shape index (κ3) is 5.10. The lowest BCUT2D eigenvalue weighted by molar-refractivity contribution is -0.136. The molecule has 0 aromatic heterocycles. The summed E-state index contributed by atoms with van der Waals surface area (Å²) in [7, 11) is 0. The van der Waals surface area contributed by atoms with E-state index >= 15 is 0 Å². The van der Waals surface area contributed by atoms with Crippen molar-refractivity contribution >= 4 is 17.7 Å². The number of amides is 2. The molecule has 1 fully saturated rings. The Morgan fingerprint density at radius 3 is 2.81 bits per heavy atom. The Balaban J connectivity index is 1.80. The maximum atomic E-state index is 11.8. The van der Waals surface area contributed by atoms with Gasteiger partial charge in [0, 0.05) is 12.2 Å². The smallest absolute Gasteiger partial charge is 0.319 e. The van der Waals surface area contributed by atoms with Gasteiger partial charge >= 0.3 is 12.0 Å². The summed E-state index contributed by atoms with van der Waals surface area (Å²) in [6.07, 6.45) is 3.55. The molecule has 5 nitrogen and oxygen atoms in total. The van der Waals surface area contributed by atoms with Gasteiger partial charge in [0.15, 0.2) is 0 Å². The standard InChI is InChI=1S/C16H22N2O3/c1-11-5-6-13(7-11)10-17-16(21)18-14-4-2-3-12(8-14)9-15(19)20/h2-4,8,11,13H,5-7,9-10H2,1H3,(H,19,20)(H2,17,18,21). The molecular weight excluding hydrogens is 268 g/mol. The number of rotatable bonds is 5. The maximum Gasteiger partial charge on any atom is 0.319 e. The second-order valence-corrected chi connectivity index (χ2v) is 5.89. The predicted octanol–water partition coefficient (Wildman–Crippen LogP) is 2.87. The highest BCUT2D eigenvalue weighted by molar-refractivity contribution is 5.89. The van der Waals surface area contributed by atoms with Crippen LogP contribution in [0.4, 0.5) is 10.5 Å². The van der Waals surface area contributed by atoms with Gasteiger partial charge in [-0.1, -0.05) is 25.5 Å². The van der Waals surface area contributed by atoms with Gasteiger partial charge in [0.2, 0.25) is 0 Å². The number of hydrogen-bond acceptors (Lipinski definition) is 2. The quantitative estimate of drug-likeness (QED) is 0.780. The van der Waals surface area contributed by atoms with Crippen LogP contribution in [0.2, 0.25) is 0 Å². The van der Waals surface area contributed by atoms with Crippen LogP contribution in [0.5, 0.6) is 0 Å². The predicted molar refractivity (Wildman–Crippen MR) is 81.3 cm³/mol. The summed E-state index contributed by atoms with van der Waals surface area (Å²) in [5.41, 5.74) is 1.29. The van der Waals surface area contributed by atoms with Crippen molar-refractivity contribution in [2.45, 2.75) is 32.6 Å². The molecule has 0 saturated heterocycles. The van der Waals surface area contributed by atoms with E-state index in [-0.39, 0.29) is 12.5 Å². The Morgan fingerprint density at radius 2 is 2.14 bits per heavy atom. The lowest BCUT2D eigenvalue weighted by atomic mass is 10.1. The van der Waals surface area contributed by atoms with Crippen molar-refractivity contribution in [2.24, 2.45) is 11.8 Å². The van der Waals surface area contributed by atoms with E-state index in [4.69, 9.17) is 5.11 Å². The minimum atomic E-state index is -0.882. The van der Waals surface area contributed by atoms with Crippen molar-refractivity contribution in [3.63, 3.8) is 0 Å². The van der Waals surface area contributed by atoms with Crippen molar-refractivity contribution in [1.82, 2.24) is 5.32 Å². The van der Waals surface area contributed by atoms with E-state index in [0.29, 0.717) is 23.7 Å². The molecule has 1 aromatic rings. The number of carboxylic acids is 1. The molecule has 2 rings (SSSR count). The van der Waals surface area contributed by atoms with Crippen molar-refractivity contribution in [2.75, 3.05) is 11.9 Å². The van der Waals surface area contributed by atoms with Crippen LogP contribution in [0.3, 0.4) is 0 Å². The summed E-state index contributed by atoms with van der Waals surface area (Å²) >= 11 is 0. The molecule has 21 heavy (non-hydrogen) atoms. The fourth-order valence-corrected chi connectivity index (χ4v) is 2.86. The number of nitrogens with one attached hydrogen (secondary N) is 2. The summed E-state index contributed by atoms with van der Waals surface area (Å²) < 4.78 is 0. The first kappa shape index (κ1) is 15.4. The summed E-state index contributed by atoms with van der Waals surface area (Å²) in [6, 6.07) is 6.68. The van der Waals surface area contributed by atoms with Crippen molar-refractivity contribution < 1.29 is 14.7 Å². The molecule has 0 heterocycles. The van der Waals surface area contributed by atoms with Crippen molar-refractivity contribution in [3.05, 3.63) is 29.8 Å². The highest BCUT2D eigenvalue weighted by Gasteiger charge is 2.21. The Bertz CT molecular complexity index is 516. The van der Waals surface area contributed by atoms with Crippen LogP contribution >= 0.6 is 0 Å². The summed E-state index contributed by atoms with van der Waals surface area (Å²) in [4.78, 5) is 22.5. The van der Waals surface area contributed by atoms with E-state index in [1.54, 1.807) is 24.3 Å². The zero-order valence-electron chi connectivity index (χ0n) is 12.3. The third-order valence-corrected chi connectivity index (χ3v) is 3.89. The summed E-state index contributed by atoms with van der Waals surface area (Å²) in [5, 5.41) is 14.4. The number of anilines is 1. The third-order valence-electron chi connectivity index (χ3n) is 3.89. The van der Waals surface area contributed by atoms with Crippen LogP contribution in [-0.4, -0.2) is 23.7 Å². The van der Waals surface area contributed by atoms with E-state index in [0.717, 1.165) is 5.92 Å². The zero-order valence-corrected chi connectivity index (χ0v) is 12.3. The van der Waals surface area contributed by atoms with Gasteiger partial charge in [0.25, 0.3) is 0 Å². The SMILES string of the molecule is CC1CCC(CNC(=O)Nc2cccc(CC(=O)O)c2)C1. The molecule has 1 aliphatic rings. The number of carboxylic acid groups (broad SMARTS) is 1. The van der Waals surface area contributed by atoms with Gasteiger partial charge in [-0.3, -0.25) is 4.79 Å². The number of hydrogen-bond donors (Lipinski definition) is 3. The van der Waals surface area contributed by atoms with Crippen molar-refractivity contribution in [3.8, 4) is 0 Å². The second-order valence-electron chi connectivity index (χ2n) is 5.89. The van der Waals surface area contributed by atoms with Crippen LogP contribution in [0.15, 0.2) is 24.3 Å². The van der Waals surface area contributed by atoms with Gasteiger partial charge < -0.3 is 15.7 Å². The average molecular weight is 290 g/mol. The molecule has 1 aliphatic carbocycles. The summed E-state index contributed by atoms with van der Waals surface area (Å²) in [5.74, 6) is 0.448. The molecule has 1 saturated carbocycles. The van der Waals surface area contributed by atoms with Gasteiger partial charge in [-0.05, 0) is 42.4 Å². The molecule has 0 spiro atoms. The van der Waals surface area contributed by atoms with Crippen LogP contribution < -0.4 is 10.6 Å². The molecule has 3 N–H and O–H groups in total.